The summed E-state index contributed by atoms with van der Waals surface area (Å²) in [6.45, 7) is 3.15. The predicted octanol–water partition coefficient (Wildman–Crippen LogP) is -0.192. The van der Waals surface area contributed by atoms with Crippen LogP contribution in [-0.2, 0) is 9.59 Å². The molecule has 1 amide bonds. The Morgan fingerprint density at radius 2 is 2.22 bits per heavy atom. The maximum Gasteiger partial charge on any atom is 0.290 e. The van der Waals surface area contributed by atoms with Crippen molar-refractivity contribution >= 4 is 11.7 Å². The number of carbonyl (C=O) groups excluding carboxylic acids is 2. The van der Waals surface area contributed by atoms with Crippen LogP contribution in [0.1, 0.15) is 13.3 Å². The molecule has 0 bridgehead atoms. The minimum atomic E-state index is -0.308. The van der Waals surface area contributed by atoms with Crippen LogP contribution in [0.15, 0.2) is 0 Å². The first-order valence-corrected chi connectivity index (χ1v) is 3.07. The summed E-state index contributed by atoms with van der Waals surface area (Å²) in [5, 5.41) is 0. The molecule has 0 radical (unpaired) electrons. The number of amides is 1. The average Bonchev–Trinajstić information content (AvgIpc) is 2.15. The Kier molecular flexibility index (Phi) is 1.51. The lowest BCUT2D eigenvalue weighted by molar-refractivity contribution is -0.139. The number of rotatable bonds is 1. The van der Waals surface area contributed by atoms with Crippen molar-refractivity contribution in [3.8, 4) is 0 Å². The second kappa shape index (κ2) is 2.17. The molecule has 50 valence electrons. The highest BCUT2D eigenvalue weighted by atomic mass is 16.2. The second-order valence-electron chi connectivity index (χ2n) is 2.06. The van der Waals surface area contributed by atoms with Gasteiger partial charge in [0.1, 0.15) is 0 Å². The van der Waals surface area contributed by atoms with Gasteiger partial charge < -0.3 is 4.90 Å². The van der Waals surface area contributed by atoms with Crippen LogP contribution >= 0.6 is 0 Å². The van der Waals surface area contributed by atoms with Gasteiger partial charge in [-0.15, -0.1) is 0 Å². The third-order valence-corrected chi connectivity index (χ3v) is 1.52. The first kappa shape index (κ1) is 6.26. The third kappa shape index (κ3) is 0.943. The number of nitrogens with zero attached hydrogens (tertiary/aromatic N) is 1. The van der Waals surface area contributed by atoms with Crippen LogP contribution in [0, 0.1) is 0 Å². The molecule has 1 saturated heterocycles. The Labute approximate surface area is 53.6 Å². The molecule has 0 aromatic rings. The fourth-order valence-electron chi connectivity index (χ4n) is 0.923. The van der Waals surface area contributed by atoms with Gasteiger partial charge in [-0.05, 0) is 6.92 Å². The number of carbonyl (C=O) groups is 2. The molecule has 0 aromatic heterocycles. The fraction of sp³-hybridized carbons (Fsp3) is 0.667. The van der Waals surface area contributed by atoms with Crippen molar-refractivity contribution in [1.82, 2.24) is 4.90 Å². The molecule has 3 heteroatoms. The summed E-state index contributed by atoms with van der Waals surface area (Å²) in [5.41, 5.74) is 0. The Hall–Kier alpha value is -0.860. The van der Waals surface area contributed by atoms with E-state index in [0.29, 0.717) is 19.5 Å². The van der Waals surface area contributed by atoms with Gasteiger partial charge in [0, 0.05) is 19.5 Å². The quantitative estimate of drug-likeness (QED) is 0.458. The van der Waals surface area contributed by atoms with Crippen LogP contribution in [0.2, 0.25) is 0 Å². The molecule has 0 N–H and O–H groups in total. The minimum absolute atomic E-state index is 0.239. The summed E-state index contributed by atoms with van der Waals surface area (Å²) in [5.74, 6) is -0.547. The van der Waals surface area contributed by atoms with E-state index in [-0.39, 0.29) is 11.7 Å². The van der Waals surface area contributed by atoms with E-state index < -0.39 is 0 Å². The van der Waals surface area contributed by atoms with Crippen LogP contribution in [0.3, 0.4) is 0 Å². The highest BCUT2D eigenvalue weighted by molar-refractivity contribution is 6.37. The van der Waals surface area contributed by atoms with Gasteiger partial charge in [0.05, 0.1) is 0 Å². The fourth-order valence-corrected chi connectivity index (χ4v) is 0.923. The van der Waals surface area contributed by atoms with Crippen molar-refractivity contribution in [2.24, 2.45) is 0 Å². The summed E-state index contributed by atoms with van der Waals surface area (Å²) in [7, 11) is 0. The van der Waals surface area contributed by atoms with Crippen LogP contribution in [0.5, 0.6) is 0 Å². The molecule has 0 unspecified atom stereocenters. The lowest BCUT2D eigenvalue weighted by Gasteiger charge is -2.08. The van der Waals surface area contributed by atoms with E-state index in [1.165, 1.54) is 0 Å². The number of likely N-dealkylation sites (N-methyl/N-ethyl adjacent to an activating group) is 1. The zero-order valence-electron chi connectivity index (χ0n) is 5.39. The molecule has 1 fully saturated rings. The molecule has 0 aliphatic carbocycles. The highest BCUT2D eigenvalue weighted by Gasteiger charge is 2.27. The molecule has 1 heterocycles. The monoisotopic (exact) mass is 127 g/mol. The largest absolute Gasteiger partial charge is 0.336 e. The Morgan fingerprint density at radius 1 is 1.56 bits per heavy atom. The highest BCUT2D eigenvalue weighted by Crippen LogP contribution is 2.03. The molecular formula is C6H9NO2. The Balaban J connectivity index is 2.62. The van der Waals surface area contributed by atoms with Gasteiger partial charge in [-0.2, -0.15) is 0 Å². The van der Waals surface area contributed by atoms with E-state index in [4.69, 9.17) is 0 Å². The molecule has 0 aromatic carbocycles. The van der Waals surface area contributed by atoms with E-state index in [2.05, 4.69) is 0 Å². The summed E-state index contributed by atoms with van der Waals surface area (Å²) >= 11 is 0. The van der Waals surface area contributed by atoms with Crippen molar-refractivity contribution < 1.29 is 9.59 Å². The van der Waals surface area contributed by atoms with E-state index in [9.17, 15) is 9.59 Å². The maximum absolute atomic E-state index is 10.7. The van der Waals surface area contributed by atoms with Gasteiger partial charge in [-0.25, -0.2) is 0 Å². The normalized spacial score (nSPS) is 19.4. The average molecular weight is 127 g/mol. The standard InChI is InChI=1S/C6H9NO2/c1-2-7-4-3-5(8)6(7)9/h2-4H2,1H3. The van der Waals surface area contributed by atoms with E-state index >= 15 is 0 Å². The number of ketones is 1. The van der Waals surface area contributed by atoms with Crippen molar-refractivity contribution in [3.63, 3.8) is 0 Å². The van der Waals surface area contributed by atoms with Crippen LogP contribution in [0.4, 0.5) is 0 Å². The molecule has 1 rings (SSSR count). The topological polar surface area (TPSA) is 37.4 Å². The minimum Gasteiger partial charge on any atom is -0.336 e. The second-order valence-corrected chi connectivity index (χ2v) is 2.06. The van der Waals surface area contributed by atoms with Crippen molar-refractivity contribution in [3.05, 3.63) is 0 Å². The van der Waals surface area contributed by atoms with Gasteiger partial charge in [-0.1, -0.05) is 0 Å². The van der Waals surface area contributed by atoms with Crippen LogP contribution in [0.25, 0.3) is 0 Å². The van der Waals surface area contributed by atoms with Gasteiger partial charge in [0.2, 0.25) is 5.78 Å². The lowest BCUT2D eigenvalue weighted by Crippen LogP contribution is -2.26. The lowest BCUT2D eigenvalue weighted by atomic mass is 10.3. The summed E-state index contributed by atoms with van der Waals surface area (Å²) < 4.78 is 0. The molecule has 0 atom stereocenters. The Bertz CT molecular complexity index is 153. The van der Waals surface area contributed by atoms with Gasteiger partial charge in [-0.3, -0.25) is 9.59 Å². The zero-order chi connectivity index (χ0) is 6.85. The summed E-state index contributed by atoms with van der Waals surface area (Å²) in [4.78, 5) is 22.8. The number of Topliss-reactive ketones (excluding diaryl/α,β-unsaturated/α-hetero) is 1. The predicted molar refractivity (Wildman–Crippen MR) is 31.9 cm³/mol. The molecule has 0 spiro atoms. The molecule has 3 nitrogen and oxygen atoms in total. The van der Waals surface area contributed by atoms with Gasteiger partial charge in [0.15, 0.2) is 0 Å². The van der Waals surface area contributed by atoms with E-state index in [1.54, 1.807) is 4.90 Å². The molecule has 1 aliphatic rings. The number of hydrogen-bond donors (Lipinski definition) is 0. The first-order chi connectivity index (χ1) is 4.25. The summed E-state index contributed by atoms with van der Waals surface area (Å²) in [6.07, 6.45) is 0.409. The Morgan fingerprint density at radius 3 is 2.44 bits per heavy atom. The summed E-state index contributed by atoms with van der Waals surface area (Å²) in [6, 6.07) is 0. The van der Waals surface area contributed by atoms with Gasteiger partial charge in [0.25, 0.3) is 5.91 Å². The molecule has 9 heavy (non-hydrogen) atoms. The van der Waals surface area contributed by atoms with Crippen LogP contribution in [-0.4, -0.2) is 29.7 Å². The SMILES string of the molecule is CCN1CCC(=O)C1=O. The number of likely N-dealkylation sites (tertiary alicyclic amines) is 1. The number of hydrogen-bond acceptors (Lipinski definition) is 2. The van der Waals surface area contributed by atoms with Crippen LogP contribution < -0.4 is 0 Å². The first-order valence-electron chi connectivity index (χ1n) is 3.07. The molecule has 0 saturated carbocycles. The van der Waals surface area contributed by atoms with Crippen molar-refractivity contribution in [2.45, 2.75) is 13.3 Å². The van der Waals surface area contributed by atoms with E-state index in [1.807, 2.05) is 6.92 Å². The molecule has 1 aliphatic heterocycles. The van der Waals surface area contributed by atoms with Crippen molar-refractivity contribution in [2.75, 3.05) is 13.1 Å². The van der Waals surface area contributed by atoms with E-state index in [0.717, 1.165) is 0 Å². The van der Waals surface area contributed by atoms with Crippen molar-refractivity contribution in [1.29, 1.82) is 0 Å². The zero-order valence-corrected chi connectivity index (χ0v) is 5.39. The smallest absolute Gasteiger partial charge is 0.290 e. The molecular weight excluding hydrogens is 118 g/mol. The third-order valence-electron chi connectivity index (χ3n) is 1.52. The maximum atomic E-state index is 10.7. The van der Waals surface area contributed by atoms with Gasteiger partial charge >= 0.3 is 0 Å².